The Bertz CT molecular complexity index is 365. The lowest BCUT2D eigenvalue weighted by Gasteiger charge is -2.12. The molecule has 0 radical (unpaired) electrons. The van der Waals surface area contributed by atoms with E-state index in [2.05, 4.69) is 10.6 Å². The third-order valence-electron chi connectivity index (χ3n) is 1.92. The number of nitrogens with one attached hydrogen (secondary N) is 2. The van der Waals surface area contributed by atoms with E-state index in [4.69, 9.17) is 4.74 Å². The van der Waals surface area contributed by atoms with E-state index in [1.807, 2.05) is 6.07 Å². The predicted octanol–water partition coefficient (Wildman–Crippen LogP) is 1.37. The van der Waals surface area contributed by atoms with Crippen LogP contribution in [0.3, 0.4) is 0 Å². The fraction of sp³-hybridized carbons (Fsp3) is 0.273. The highest BCUT2D eigenvalue weighted by Crippen LogP contribution is 2.06. The maximum absolute atomic E-state index is 11.3. The van der Waals surface area contributed by atoms with Gasteiger partial charge in [-0.25, -0.2) is 4.79 Å². The molecule has 0 spiro atoms. The molecular formula is C11H14N2O3. The molecule has 0 saturated carbocycles. The number of benzene rings is 1. The number of ether oxygens (including phenoxy) is 1. The molecule has 0 bridgehead atoms. The van der Waals surface area contributed by atoms with E-state index < -0.39 is 12.2 Å². The van der Waals surface area contributed by atoms with Gasteiger partial charge < -0.3 is 10.1 Å². The lowest BCUT2D eigenvalue weighted by atomic mass is 10.3. The van der Waals surface area contributed by atoms with Crippen LogP contribution in [0, 0.1) is 0 Å². The Morgan fingerprint density at radius 3 is 2.44 bits per heavy atom. The highest BCUT2D eigenvalue weighted by Gasteiger charge is 2.15. The van der Waals surface area contributed by atoms with Crippen molar-refractivity contribution in [2.24, 2.45) is 0 Å². The minimum absolute atomic E-state index is 0.344. The molecule has 0 aliphatic rings. The molecular weight excluding hydrogens is 208 g/mol. The topological polar surface area (TPSA) is 67.4 Å². The number of carbonyl (C=O) groups is 2. The average Bonchev–Trinajstić information content (AvgIpc) is 2.29. The van der Waals surface area contributed by atoms with E-state index in [1.165, 1.54) is 14.0 Å². The molecule has 0 saturated heterocycles. The first-order valence-corrected chi connectivity index (χ1v) is 4.87. The van der Waals surface area contributed by atoms with E-state index in [-0.39, 0.29) is 5.91 Å². The lowest BCUT2D eigenvalue weighted by molar-refractivity contribution is -0.127. The van der Waals surface area contributed by atoms with Gasteiger partial charge in [-0.2, -0.15) is 0 Å². The van der Waals surface area contributed by atoms with Crippen LogP contribution in [0.25, 0.3) is 0 Å². The highest BCUT2D eigenvalue weighted by atomic mass is 16.6. The number of carbonyl (C=O) groups excluding carboxylic acids is 2. The minimum Gasteiger partial charge on any atom is -0.436 e. The standard InChI is InChI=1S/C11H14N2O3/c1-8(10(14)12-2)16-11(15)13-9-6-4-3-5-7-9/h3-8H,1-2H3,(H,12,14)(H,13,15). The second-order valence-electron chi connectivity index (χ2n) is 3.15. The molecule has 0 fully saturated rings. The van der Waals surface area contributed by atoms with E-state index in [0.717, 1.165) is 0 Å². The van der Waals surface area contributed by atoms with Crippen LogP contribution >= 0.6 is 0 Å². The SMILES string of the molecule is CNC(=O)C(C)OC(=O)Nc1ccccc1. The van der Waals surface area contributed by atoms with Crippen molar-refractivity contribution < 1.29 is 14.3 Å². The van der Waals surface area contributed by atoms with Crippen molar-refractivity contribution >= 4 is 17.7 Å². The lowest BCUT2D eigenvalue weighted by Crippen LogP contribution is -2.34. The second-order valence-corrected chi connectivity index (χ2v) is 3.15. The largest absolute Gasteiger partial charge is 0.436 e. The van der Waals surface area contributed by atoms with Gasteiger partial charge in [-0.1, -0.05) is 18.2 Å². The Hall–Kier alpha value is -2.04. The first kappa shape index (κ1) is 12.0. The summed E-state index contributed by atoms with van der Waals surface area (Å²) in [6.45, 7) is 1.50. The van der Waals surface area contributed by atoms with Crippen LogP contribution in [-0.2, 0) is 9.53 Å². The number of hydrogen-bond acceptors (Lipinski definition) is 3. The Balaban J connectivity index is 2.45. The normalized spacial score (nSPS) is 11.4. The Morgan fingerprint density at radius 2 is 1.88 bits per heavy atom. The number of likely N-dealkylation sites (N-methyl/N-ethyl adjacent to an activating group) is 1. The summed E-state index contributed by atoms with van der Waals surface area (Å²) in [5, 5.41) is 4.90. The van der Waals surface area contributed by atoms with Crippen LogP contribution in [0.2, 0.25) is 0 Å². The molecule has 1 rings (SSSR count). The molecule has 0 aromatic heterocycles. The van der Waals surface area contributed by atoms with Gasteiger partial charge in [0.15, 0.2) is 6.10 Å². The van der Waals surface area contributed by atoms with Crippen molar-refractivity contribution in [3.8, 4) is 0 Å². The molecule has 2 N–H and O–H groups in total. The first-order valence-electron chi connectivity index (χ1n) is 4.87. The zero-order chi connectivity index (χ0) is 12.0. The van der Waals surface area contributed by atoms with Gasteiger partial charge in [0.05, 0.1) is 0 Å². The first-order chi connectivity index (χ1) is 7.63. The molecule has 1 atom stereocenters. The summed E-state index contributed by atoms with van der Waals surface area (Å²) in [6, 6.07) is 8.87. The second kappa shape index (κ2) is 5.75. The Morgan fingerprint density at radius 1 is 1.25 bits per heavy atom. The molecule has 5 nitrogen and oxygen atoms in total. The smallest absolute Gasteiger partial charge is 0.412 e. The third-order valence-corrected chi connectivity index (χ3v) is 1.92. The molecule has 0 aliphatic heterocycles. The number of hydrogen-bond donors (Lipinski definition) is 2. The Labute approximate surface area is 93.8 Å². The summed E-state index contributed by atoms with van der Waals surface area (Å²) in [6.07, 6.45) is -1.46. The number of para-hydroxylation sites is 1. The summed E-state index contributed by atoms with van der Waals surface area (Å²) in [4.78, 5) is 22.4. The fourth-order valence-electron chi connectivity index (χ4n) is 1.09. The molecule has 1 aromatic carbocycles. The molecule has 0 aliphatic carbocycles. The third kappa shape index (κ3) is 3.61. The number of rotatable bonds is 3. The average molecular weight is 222 g/mol. The van der Waals surface area contributed by atoms with Crippen molar-refractivity contribution in [2.75, 3.05) is 12.4 Å². The summed E-state index contributed by atoms with van der Waals surface area (Å²) in [7, 11) is 1.48. The van der Waals surface area contributed by atoms with Gasteiger partial charge in [0.25, 0.3) is 5.91 Å². The zero-order valence-electron chi connectivity index (χ0n) is 9.19. The van der Waals surface area contributed by atoms with E-state index >= 15 is 0 Å². The van der Waals surface area contributed by atoms with Crippen molar-refractivity contribution in [2.45, 2.75) is 13.0 Å². The molecule has 1 aromatic rings. The zero-order valence-corrected chi connectivity index (χ0v) is 9.19. The molecule has 86 valence electrons. The van der Waals surface area contributed by atoms with Crippen molar-refractivity contribution in [1.29, 1.82) is 0 Å². The van der Waals surface area contributed by atoms with Gasteiger partial charge in [0.2, 0.25) is 0 Å². The highest BCUT2D eigenvalue weighted by molar-refractivity contribution is 5.88. The van der Waals surface area contributed by atoms with Crippen molar-refractivity contribution in [3.63, 3.8) is 0 Å². The van der Waals surface area contributed by atoms with E-state index in [9.17, 15) is 9.59 Å². The van der Waals surface area contributed by atoms with Gasteiger partial charge in [-0.3, -0.25) is 10.1 Å². The van der Waals surface area contributed by atoms with Gasteiger partial charge in [-0.15, -0.1) is 0 Å². The molecule has 1 unspecified atom stereocenters. The number of anilines is 1. The Kier molecular flexibility index (Phi) is 4.32. The van der Waals surface area contributed by atoms with Gasteiger partial charge in [0, 0.05) is 12.7 Å². The van der Waals surface area contributed by atoms with E-state index in [1.54, 1.807) is 24.3 Å². The quantitative estimate of drug-likeness (QED) is 0.811. The summed E-state index contributed by atoms with van der Waals surface area (Å²) in [5.74, 6) is -0.344. The summed E-state index contributed by atoms with van der Waals surface area (Å²) >= 11 is 0. The maximum atomic E-state index is 11.3. The maximum Gasteiger partial charge on any atom is 0.412 e. The van der Waals surface area contributed by atoms with Crippen molar-refractivity contribution in [1.82, 2.24) is 5.32 Å². The number of amides is 2. The summed E-state index contributed by atoms with van der Waals surface area (Å²) in [5.41, 5.74) is 0.622. The minimum atomic E-state index is -0.811. The predicted molar refractivity (Wildman–Crippen MR) is 60.1 cm³/mol. The molecule has 0 heterocycles. The van der Waals surface area contributed by atoms with Crippen LogP contribution in [0.15, 0.2) is 30.3 Å². The molecule has 2 amide bonds. The van der Waals surface area contributed by atoms with Gasteiger partial charge >= 0.3 is 6.09 Å². The van der Waals surface area contributed by atoms with Crippen LogP contribution in [-0.4, -0.2) is 25.2 Å². The van der Waals surface area contributed by atoms with Crippen LogP contribution in [0.1, 0.15) is 6.92 Å². The van der Waals surface area contributed by atoms with Crippen LogP contribution in [0.5, 0.6) is 0 Å². The summed E-state index contributed by atoms with van der Waals surface area (Å²) < 4.78 is 4.84. The fourth-order valence-corrected chi connectivity index (χ4v) is 1.09. The van der Waals surface area contributed by atoms with E-state index in [0.29, 0.717) is 5.69 Å². The van der Waals surface area contributed by atoms with Gasteiger partial charge in [0.1, 0.15) is 0 Å². The van der Waals surface area contributed by atoms with Crippen LogP contribution < -0.4 is 10.6 Å². The molecule has 16 heavy (non-hydrogen) atoms. The molecule has 5 heteroatoms. The van der Waals surface area contributed by atoms with Crippen molar-refractivity contribution in [3.05, 3.63) is 30.3 Å². The van der Waals surface area contributed by atoms with Gasteiger partial charge in [-0.05, 0) is 19.1 Å². The van der Waals surface area contributed by atoms with Crippen LogP contribution in [0.4, 0.5) is 10.5 Å². The monoisotopic (exact) mass is 222 g/mol.